The highest BCUT2D eigenvalue weighted by molar-refractivity contribution is 5.42. The predicted octanol–water partition coefficient (Wildman–Crippen LogP) is 2.66. The molecule has 1 fully saturated rings. The van der Waals surface area contributed by atoms with Gasteiger partial charge in [-0.1, -0.05) is 0 Å². The van der Waals surface area contributed by atoms with Crippen LogP contribution in [0.3, 0.4) is 0 Å². The second-order valence-corrected chi connectivity index (χ2v) is 4.94. The Kier molecular flexibility index (Phi) is 5.05. The molecule has 4 heteroatoms. The van der Waals surface area contributed by atoms with Crippen LogP contribution in [0.1, 0.15) is 37.3 Å². The molecule has 2 N–H and O–H groups in total. The van der Waals surface area contributed by atoms with Gasteiger partial charge in [0.2, 0.25) is 0 Å². The largest absolute Gasteiger partial charge is 0.497 e. The molecule has 2 unspecified atom stereocenters. The number of rotatable bonds is 5. The third-order valence-electron chi connectivity index (χ3n) is 3.63. The van der Waals surface area contributed by atoms with E-state index in [2.05, 4.69) is 0 Å². The molecule has 19 heavy (non-hydrogen) atoms. The van der Waals surface area contributed by atoms with Crippen molar-refractivity contribution in [1.82, 2.24) is 0 Å². The number of methoxy groups -OCH3 is 2. The molecule has 2 rings (SSSR count). The zero-order valence-corrected chi connectivity index (χ0v) is 11.7. The normalized spacial score (nSPS) is 20.9. The Balaban J connectivity index is 2.09. The lowest BCUT2D eigenvalue weighted by Gasteiger charge is -2.26. The van der Waals surface area contributed by atoms with E-state index in [1.54, 1.807) is 14.2 Å². The molecule has 0 aromatic heterocycles. The van der Waals surface area contributed by atoms with Gasteiger partial charge in [-0.2, -0.15) is 0 Å². The van der Waals surface area contributed by atoms with E-state index >= 15 is 0 Å². The fourth-order valence-electron chi connectivity index (χ4n) is 2.53. The number of hydrogen-bond acceptors (Lipinski definition) is 4. The van der Waals surface area contributed by atoms with E-state index in [-0.39, 0.29) is 12.1 Å². The zero-order valence-electron chi connectivity index (χ0n) is 11.7. The van der Waals surface area contributed by atoms with Gasteiger partial charge in [-0.3, -0.25) is 0 Å². The molecule has 0 amide bonds. The van der Waals surface area contributed by atoms with Crippen LogP contribution in [0.5, 0.6) is 11.5 Å². The molecule has 1 aliphatic rings. The van der Waals surface area contributed by atoms with Crippen molar-refractivity contribution in [3.8, 4) is 11.5 Å². The molecule has 1 heterocycles. The summed E-state index contributed by atoms with van der Waals surface area (Å²) in [5.74, 6) is 1.61. The molecular weight excluding hydrogens is 242 g/mol. The van der Waals surface area contributed by atoms with Crippen LogP contribution in [0.25, 0.3) is 0 Å². The third kappa shape index (κ3) is 3.61. The summed E-state index contributed by atoms with van der Waals surface area (Å²) in [5, 5.41) is 0. The van der Waals surface area contributed by atoms with E-state index in [1.165, 1.54) is 6.42 Å². The summed E-state index contributed by atoms with van der Waals surface area (Å²) in [6.45, 7) is 0.854. The summed E-state index contributed by atoms with van der Waals surface area (Å²) in [5.41, 5.74) is 7.29. The number of nitrogens with two attached hydrogens (primary N) is 1. The smallest absolute Gasteiger partial charge is 0.123 e. The summed E-state index contributed by atoms with van der Waals surface area (Å²) in [6.07, 6.45) is 4.57. The van der Waals surface area contributed by atoms with Gasteiger partial charge in [-0.15, -0.1) is 0 Å². The van der Waals surface area contributed by atoms with Gasteiger partial charge in [-0.05, 0) is 43.9 Å². The third-order valence-corrected chi connectivity index (χ3v) is 3.63. The molecule has 1 aromatic carbocycles. The average molecular weight is 265 g/mol. The van der Waals surface area contributed by atoms with Crippen molar-refractivity contribution in [3.63, 3.8) is 0 Å². The van der Waals surface area contributed by atoms with E-state index in [1.807, 2.05) is 18.2 Å². The fourth-order valence-corrected chi connectivity index (χ4v) is 2.53. The monoisotopic (exact) mass is 265 g/mol. The Bertz CT molecular complexity index is 402. The second kappa shape index (κ2) is 6.78. The summed E-state index contributed by atoms with van der Waals surface area (Å²) >= 11 is 0. The number of benzene rings is 1. The van der Waals surface area contributed by atoms with Crippen molar-refractivity contribution >= 4 is 0 Å². The number of ether oxygens (including phenoxy) is 3. The highest BCUT2D eigenvalue weighted by Gasteiger charge is 2.20. The Morgan fingerprint density at radius 2 is 2.16 bits per heavy atom. The second-order valence-electron chi connectivity index (χ2n) is 4.94. The maximum Gasteiger partial charge on any atom is 0.123 e. The first-order valence-electron chi connectivity index (χ1n) is 6.83. The van der Waals surface area contributed by atoms with Crippen LogP contribution in [-0.4, -0.2) is 26.9 Å². The van der Waals surface area contributed by atoms with Gasteiger partial charge in [0.15, 0.2) is 0 Å². The van der Waals surface area contributed by atoms with E-state index < -0.39 is 0 Å². The Morgan fingerprint density at radius 1 is 1.32 bits per heavy atom. The van der Waals surface area contributed by atoms with Gasteiger partial charge in [0.25, 0.3) is 0 Å². The quantitative estimate of drug-likeness (QED) is 0.889. The van der Waals surface area contributed by atoms with Crippen LogP contribution in [0.4, 0.5) is 0 Å². The van der Waals surface area contributed by atoms with Crippen molar-refractivity contribution in [1.29, 1.82) is 0 Å². The molecule has 1 aliphatic heterocycles. The van der Waals surface area contributed by atoms with Crippen molar-refractivity contribution in [2.75, 3.05) is 20.8 Å². The first-order valence-corrected chi connectivity index (χ1v) is 6.83. The lowest BCUT2D eigenvalue weighted by Crippen LogP contribution is -2.25. The van der Waals surface area contributed by atoms with Crippen LogP contribution in [0, 0.1) is 0 Å². The fraction of sp³-hybridized carbons (Fsp3) is 0.600. The molecule has 4 nitrogen and oxygen atoms in total. The van der Waals surface area contributed by atoms with Gasteiger partial charge in [-0.25, -0.2) is 0 Å². The van der Waals surface area contributed by atoms with Crippen molar-refractivity contribution < 1.29 is 14.2 Å². The van der Waals surface area contributed by atoms with Crippen molar-refractivity contribution in [2.24, 2.45) is 5.73 Å². The number of hydrogen-bond donors (Lipinski definition) is 1. The van der Waals surface area contributed by atoms with Gasteiger partial charge in [0.05, 0.1) is 20.3 Å². The molecule has 1 saturated heterocycles. The molecular formula is C15H23NO3. The van der Waals surface area contributed by atoms with Crippen LogP contribution >= 0.6 is 0 Å². The van der Waals surface area contributed by atoms with Gasteiger partial charge in [0.1, 0.15) is 11.5 Å². The van der Waals surface area contributed by atoms with Crippen LogP contribution in [-0.2, 0) is 4.74 Å². The first kappa shape index (κ1) is 14.2. The lowest BCUT2D eigenvalue weighted by atomic mass is 9.96. The van der Waals surface area contributed by atoms with Crippen LogP contribution in [0.2, 0.25) is 0 Å². The topological polar surface area (TPSA) is 53.7 Å². The van der Waals surface area contributed by atoms with E-state index in [4.69, 9.17) is 19.9 Å². The van der Waals surface area contributed by atoms with Crippen molar-refractivity contribution in [3.05, 3.63) is 23.8 Å². The Hall–Kier alpha value is -1.26. The minimum absolute atomic E-state index is 0.0897. The van der Waals surface area contributed by atoms with Crippen molar-refractivity contribution in [2.45, 2.75) is 37.8 Å². The predicted molar refractivity (Wildman–Crippen MR) is 74.7 cm³/mol. The van der Waals surface area contributed by atoms with E-state index in [0.29, 0.717) is 0 Å². The highest BCUT2D eigenvalue weighted by Crippen LogP contribution is 2.32. The SMILES string of the molecule is COc1ccc(OC)c(C(N)CC2CCCCO2)c1. The summed E-state index contributed by atoms with van der Waals surface area (Å²) in [6, 6.07) is 5.64. The van der Waals surface area contributed by atoms with Gasteiger partial charge in [0, 0.05) is 18.2 Å². The lowest BCUT2D eigenvalue weighted by molar-refractivity contribution is 0.00718. The molecule has 106 valence electrons. The van der Waals surface area contributed by atoms with Gasteiger partial charge >= 0.3 is 0 Å². The standard InChI is InChI=1S/C15H23NO3/c1-17-11-6-7-15(18-2)13(9-11)14(16)10-12-5-3-4-8-19-12/h6-7,9,12,14H,3-5,8,10,16H2,1-2H3. The molecule has 2 atom stereocenters. The minimum Gasteiger partial charge on any atom is -0.497 e. The summed E-state index contributed by atoms with van der Waals surface area (Å²) in [4.78, 5) is 0. The Morgan fingerprint density at radius 3 is 2.79 bits per heavy atom. The maximum atomic E-state index is 6.31. The average Bonchev–Trinajstić information content (AvgIpc) is 2.47. The van der Waals surface area contributed by atoms with E-state index in [0.717, 1.165) is 42.9 Å². The zero-order chi connectivity index (χ0) is 13.7. The van der Waals surface area contributed by atoms with E-state index in [9.17, 15) is 0 Å². The van der Waals surface area contributed by atoms with Gasteiger partial charge < -0.3 is 19.9 Å². The molecule has 0 aliphatic carbocycles. The molecule has 0 spiro atoms. The summed E-state index contributed by atoms with van der Waals surface area (Å²) < 4.78 is 16.4. The Labute approximate surface area is 114 Å². The van der Waals surface area contributed by atoms with Crippen LogP contribution < -0.4 is 15.2 Å². The molecule has 0 saturated carbocycles. The first-order chi connectivity index (χ1) is 9.24. The van der Waals surface area contributed by atoms with Crippen LogP contribution in [0.15, 0.2) is 18.2 Å². The summed E-state index contributed by atoms with van der Waals surface area (Å²) in [7, 11) is 3.32. The molecule has 1 aromatic rings. The highest BCUT2D eigenvalue weighted by atomic mass is 16.5. The minimum atomic E-state index is -0.0897. The molecule has 0 bridgehead atoms. The molecule has 0 radical (unpaired) electrons. The maximum absolute atomic E-state index is 6.31.